The van der Waals surface area contributed by atoms with Crippen LogP contribution < -0.4 is 10.2 Å². The van der Waals surface area contributed by atoms with E-state index in [0.29, 0.717) is 22.0 Å². The quantitative estimate of drug-likeness (QED) is 0.762. The molecule has 2 aromatic rings. The summed E-state index contributed by atoms with van der Waals surface area (Å²) >= 11 is 5.93. The van der Waals surface area contributed by atoms with Gasteiger partial charge in [-0.15, -0.1) is 0 Å². The van der Waals surface area contributed by atoms with Gasteiger partial charge in [0, 0.05) is 10.7 Å². The molecule has 1 aliphatic rings. The van der Waals surface area contributed by atoms with E-state index >= 15 is 0 Å². The van der Waals surface area contributed by atoms with Crippen LogP contribution in [0.4, 0.5) is 10.5 Å². The molecular formula is C20H17ClN2O5. The molecule has 8 heteroatoms. The molecule has 7 nitrogen and oxygen atoms in total. The Kier molecular flexibility index (Phi) is 5.37. The molecule has 0 aliphatic carbocycles. The second kappa shape index (κ2) is 7.74. The van der Waals surface area contributed by atoms with Crippen LogP contribution in [0.25, 0.3) is 0 Å². The van der Waals surface area contributed by atoms with Gasteiger partial charge in [-0.2, -0.15) is 0 Å². The van der Waals surface area contributed by atoms with Gasteiger partial charge < -0.3 is 15.2 Å². The van der Waals surface area contributed by atoms with Crippen LogP contribution in [-0.4, -0.2) is 30.2 Å². The molecule has 28 heavy (non-hydrogen) atoms. The number of hydrogen-bond acceptors (Lipinski definition) is 4. The van der Waals surface area contributed by atoms with Crippen molar-refractivity contribution in [2.24, 2.45) is 0 Å². The van der Waals surface area contributed by atoms with Crippen LogP contribution in [0.5, 0.6) is 0 Å². The van der Waals surface area contributed by atoms with Crippen LogP contribution in [0.2, 0.25) is 5.02 Å². The van der Waals surface area contributed by atoms with E-state index in [-0.39, 0.29) is 11.1 Å². The number of amides is 2. The number of allylic oxidation sites excluding steroid dienone is 1. The number of anilines is 1. The predicted octanol–water partition coefficient (Wildman–Crippen LogP) is 3.76. The minimum absolute atomic E-state index is 0.0926. The second-order valence-electron chi connectivity index (χ2n) is 6.11. The summed E-state index contributed by atoms with van der Waals surface area (Å²) in [6.45, 7) is 1.64. The summed E-state index contributed by atoms with van der Waals surface area (Å²) in [7, 11) is 1.27. The Morgan fingerprint density at radius 1 is 1.11 bits per heavy atom. The standard InChI is InChI=1S/C20H17ClN2O5/c1-11-16(19(26)28-2)17(12-3-7-14(21)8-4-12)22-20(27)23(11)15-9-5-13(6-10-15)18(24)25/h3-10,17H,1-2H3,(H,22,27)(H,24,25). The number of rotatable bonds is 4. The van der Waals surface area contributed by atoms with Crippen molar-refractivity contribution >= 4 is 35.3 Å². The maximum absolute atomic E-state index is 12.8. The number of carbonyl (C=O) groups excluding carboxylic acids is 2. The molecule has 0 fully saturated rings. The maximum Gasteiger partial charge on any atom is 0.337 e. The first-order valence-electron chi connectivity index (χ1n) is 8.32. The second-order valence-corrected chi connectivity index (χ2v) is 6.55. The van der Waals surface area contributed by atoms with Gasteiger partial charge >= 0.3 is 18.0 Å². The lowest BCUT2D eigenvalue weighted by Crippen LogP contribution is -2.48. The summed E-state index contributed by atoms with van der Waals surface area (Å²) in [4.78, 5) is 37.7. The Morgan fingerprint density at radius 3 is 2.25 bits per heavy atom. The van der Waals surface area contributed by atoms with E-state index in [2.05, 4.69) is 5.32 Å². The van der Waals surface area contributed by atoms with Gasteiger partial charge in [-0.1, -0.05) is 23.7 Å². The number of benzene rings is 2. The average Bonchev–Trinajstić information content (AvgIpc) is 2.68. The molecule has 2 aromatic carbocycles. The number of aromatic carboxylic acids is 1. The van der Waals surface area contributed by atoms with Gasteiger partial charge in [0.25, 0.3) is 0 Å². The Labute approximate surface area is 166 Å². The number of carboxylic acids is 1. The molecule has 3 rings (SSSR count). The third kappa shape index (κ3) is 3.57. The normalized spacial score (nSPS) is 16.6. The molecule has 1 unspecified atom stereocenters. The number of nitrogens with zero attached hydrogens (tertiary/aromatic N) is 1. The molecular weight excluding hydrogens is 384 g/mol. The number of methoxy groups -OCH3 is 1. The number of nitrogens with one attached hydrogen (secondary N) is 1. The van der Waals surface area contributed by atoms with Gasteiger partial charge in [0.2, 0.25) is 0 Å². The van der Waals surface area contributed by atoms with Gasteiger partial charge in [-0.25, -0.2) is 14.4 Å². The number of carboxylic acid groups (broad SMARTS) is 1. The van der Waals surface area contributed by atoms with Crippen LogP contribution in [0, 0.1) is 0 Å². The highest BCUT2D eigenvalue weighted by Crippen LogP contribution is 2.34. The van der Waals surface area contributed by atoms with Crippen LogP contribution in [0.3, 0.4) is 0 Å². The van der Waals surface area contributed by atoms with E-state index in [9.17, 15) is 14.4 Å². The highest BCUT2D eigenvalue weighted by atomic mass is 35.5. The number of urea groups is 1. The first-order valence-corrected chi connectivity index (χ1v) is 8.69. The Morgan fingerprint density at radius 2 is 1.71 bits per heavy atom. The zero-order valence-electron chi connectivity index (χ0n) is 15.1. The Hall–Kier alpha value is -3.32. The van der Waals surface area contributed by atoms with Crippen molar-refractivity contribution in [2.45, 2.75) is 13.0 Å². The highest BCUT2D eigenvalue weighted by Gasteiger charge is 2.36. The van der Waals surface area contributed by atoms with Gasteiger partial charge in [-0.3, -0.25) is 4.90 Å². The molecule has 0 saturated carbocycles. The summed E-state index contributed by atoms with van der Waals surface area (Å²) in [6, 6.07) is 11.4. The fourth-order valence-electron chi connectivity index (χ4n) is 3.09. The number of halogens is 1. The number of ether oxygens (including phenoxy) is 1. The van der Waals surface area contributed by atoms with Gasteiger partial charge in [0.15, 0.2) is 0 Å². The average molecular weight is 401 g/mol. The number of hydrogen-bond donors (Lipinski definition) is 2. The van der Waals surface area contributed by atoms with Crippen molar-refractivity contribution < 1.29 is 24.2 Å². The Bertz CT molecular complexity index is 967. The van der Waals surface area contributed by atoms with Crippen LogP contribution in [0.1, 0.15) is 28.9 Å². The molecule has 1 aliphatic heterocycles. The van der Waals surface area contributed by atoms with E-state index in [1.54, 1.807) is 31.2 Å². The predicted molar refractivity (Wildman–Crippen MR) is 103 cm³/mol. The molecule has 144 valence electrons. The first kappa shape index (κ1) is 19.4. The van der Waals surface area contributed by atoms with E-state index in [1.165, 1.54) is 36.3 Å². The molecule has 1 heterocycles. The minimum atomic E-state index is -1.07. The van der Waals surface area contributed by atoms with E-state index in [1.807, 2.05) is 0 Å². The lowest BCUT2D eigenvalue weighted by molar-refractivity contribution is -0.136. The van der Waals surface area contributed by atoms with Crippen molar-refractivity contribution in [2.75, 3.05) is 12.0 Å². The third-order valence-electron chi connectivity index (χ3n) is 4.47. The summed E-state index contributed by atoms with van der Waals surface area (Å²) in [5.74, 6) is -1.65. The van der Waals surface area contributed by atoms with Gasteiger partial charge in [0.1, 0.15) is 0 Å². The van der Waals surface area contributed by atoms with Crippen LogP contribution in [0.15, 0.2) is 59.8 Å². The number of esters is 1. The topological polar surface area (TPSA) is 95.9 Å². The van der Waals surface area contributed by atoms with Crippen LogP contribution >= 0.6 is 11.6 Å². The summed E-state index contributed by atoms with van der Waals surface area (Å²) in [6.07, 6.45) is 0. The molecule has 0 radical (unpaired) electrons. The minimum Gasteiger partial charge on any atom is -0.478 e. The first-order chi connectivity index (χ1) is 13.3. The van der Waals surface area contributed by atoms with E-state index in [4.69, 9.17) is 21.4 Å². The number of carbonyl (C=O) groups is 3. The molecule has 0 saturated heterocycles. The summed E-state index contributed by atoms with van der Waals surface area (Å²) in [5.41, 5.74) is 1.86. The highest BCUT2D eigenvalue weighted by molar-refractivity contribution is 6.30. The monoisotopic (exact) mass is 400 g/mol. The molecule has 0 aromatic heterocycles. The molecule has 2 amide bonds. The van der Waals surface area contributed by atoms with Crippen molar-refractivity contribution in [1.82, 2.24) is 5.32 Å². The van der Waals surface area contributed by atoms with Crippen molar-refractivity contribution in [3.8, 4) is 0 Å². The van der Waals surface area contributed by atoms with Crippen molar-refractivity contribution in [1.29, 1.82) is 0 Å². The lowest BCUT2D eigenvalue weighted by atomic mass is 9.94. The lowest BCUT2D eigenvalue weighted by Gasteiger charge is -2.35. The maximum atomic E-state index is 12.8. The van der Waals surface area contributed by atoms with Crippen LogP contribution in [-0.2, 0) is 9.53 Å². The molecule has 2 N–H and O–H groups in total. The SMILES string of the molecule is COC(=O)C1=C(C)N(c2ccc(C(=O)O)cc2)C(=O)NC1c1ccc(Cl)cc1. The van der Waals surface area contributed by atoms with E-state index < -0.39 is 24.0 Å². The van der Waals surface area contributed by atoms with Gasteiger partial charge in [-0.05, 0) is 48.9 Å². The van der Waals surface area contributed by atoms with E-state index in [0.717, 1.165) is 0 Å². The van der Waals surface area contributed by atoms with Crippen molar-refractivity contribution in [3.05, 3.63) is 76.0 Å². The zero-order valence-corrected chi connectivity index (χ0v) is 15.9. The fourth-order valence-corrected chi connectivity index (χ4v) is 3.21. The largest absolute Gasteiger partial charge is 0.478 e. The fraction of sp³-hybridized carbons (Fsp3) is 0.150. The summed E-state index contributed by atoms with van der Waals surface area (Å²) < 4.78 is 4.93. The van der Waals surface area contributed by atoms with Crippen molar-refractivity contribution in [3.63, 3.8) is 0 Å². The molecule has 1 atom stereocenters. The third-order valence-corrected chi connectivity index (χ3v) is 4.72. The summed E-state index contributed by atoms with van der Waals surface area (Å²) in [5, 5.41) is 12.4. The van der Waals surface area contributed by atoms with Gasteiger partial charge in [0.05, 0.1) is 30.0 Å². The molecule has 0 spiro atoms. The molecule has 0 bridgehead atoms. The smallest absolute Gasteiger partial charge is 0.337 e. The zero-order chi connectivity index (χ0) is 20.4. The Balaban J connectivity index is 2.09.